The first-order chi connectivity index (χ1) is 8.71. The molecule has 0 saturated heterocycles. The van der Waals surface area contributed by atoms with E-state index in [1.54, 1.807) is 0 Å². The molecule has 0 heterocycles. The van der Waals surface area contributed by atoms with E-state index >= 15 is 0 Å². The summed E-state index contributed by atoms with van der Waals surface area (Å²) in [5, 5.41) is 11.0. The minimum atomic E-state index is -4.56. The van der Waals surface area contributed by atoms with Crippen LogP contribution in [0.25, 0.3) is 0 Å². The van der Waals surface area contributed by atoms with E-state index in [-0.39, 0.29) is 17.8 Å². The van der Waals surface area contributed by atoms with Crippen molar-refractivity contribution < 1.29 is 27.5 Å². The number of nitrogens with one attached hydrogen (secondary N) is 1. The zero-order valence-electron chi connectivity index (χ0n) is 9.88. The number of hydrogen-bond donors (Lipinski definition) is 2. The summed E-state index contributed by atoms with van der Waals surface area (Å²) in [5.74, 6) is -1.99. The molecule has 1 aromatic rings. The number of halogens is 4. The second-order valence-corrected chi connectivity index (χ2v) is 3.77. The number of carboxylic acid groups (broad SMARTS) is 1. The van der Waals surface area contributed by atoms with Crippen LogP contribution in [0.1, 0.15) is 12.5 Å². The van der Waals surface area contributed by atoms with Crippen molar-refractivity contribution in [1.82, 2.24) is 0 Å². The Bertz CT molecular complexity index is 509. The highest BCUT2D eigenvalue weighted by Gasteiger charge is 2.31. The fourth-order valence-electron chi connectivity index (χ4n) is 1.24. The summed E-state index contributed by atoms with van der Waals surface area (Å²) in [6, 6.07) is 1.98. The van der Waals surface area contributed by atoms with Gasteiger partial charge < -0.3 is 10.4 Å². The first-order valence-electron chi connectivity index (χ1n) is 5.22. The van der Waals surface area contributed by atoms with Crippen molar-refractivity contribution in [3.8, 4) is 0 Å². The average Bonchev–Trinajstić information content (AvgIpc) is 2.29. The maximum absolute atomic E-state index is 13.3. The predicted molar refractivity (Wildman–Crippen MR) is 61.3 cm³/mol. The van der Waals surface area contributed by atoms with Crippen molar-refractivity contribution in [3.63, 3.8) is 0 Å². The van der Waals surface area contributed by atoms with Crippen LogP contribution in [-0.2, 0) is 11.0 Å². The molecule has 19 heavy (non-hydrogen) atoms. The van der Waals surface area contributed by atoms with Crippen LogP contribution >= 0.6 is 0 Å². The van der Waals surface area contributed by atoms with Gasteiger partial charge in [-0.3, -0.25) is 0 Å². The summed E-state index contributed by atoms with van der Waals surface area (Å²) in [7, 11) is 0. The Morgan fingerprint density at radius 2 is 2.05 bits per heavy atom. The minimum absolute atomic E-state index is 0.0138. The third kappa shape index (κ3) is 4.27. The number of carbonyl (C=O) groups is 1. The third-order valence-corrected chi connectivity index (χ3v) is 2.33. The third-order valence-electron chi connectivity index (χ3n) is 2.33. The van der Waals surface area contributed by atoms with Gasteiger partial charge in [0, 0.05) is 12.1 Å². The van der Waals surface area contributed by atoms with E-state index in [4.69, 9.17) is 5.11 Å². The molecule has 0 aliphatic carbocycles. The van der Waals surface area contributed by atoms with Gasteiger partial charge in [-0.2, -0.15) is 13.2 Å². The molecule has 2 N–H and O–H groups in total. The summed E-state index contributed by atoms with van der Waals surface area (Å²) in [5.41, 5.74) is -1.29. The van der Waals surface area contributed by atoms with E-state index in [9.17, 15) is 22.4 Å². The number of hydrogen-bond acceptors (Lipinski definition) is 2. The lowest BCUT2D eigenvalue weighted by Gasteiger charge is -2.10. The Hall–Kier alpha value is -2.05. The molecule has 0 aliphatic heterocycles. The largest absolute Gasteiger partial charge is 0.478 e. The van der Waals surface area contributed by atoms with Crippen molar-refractivity contribution in [1.29, 1.82) is 0 Å². The zero-order valence-corrected chi connectivity index (χ0v) is 9.88. The van der Waals surface area contributed by atoms with Crippen LogP contribution in [0.15, 0.2) is 29.8 Å². The van der Waals surface area contributed by atoms with Gasteiger partial charge >= 0.3 is 12.1 Å². The number of carboxylic acids is 1. The summed E-state index contributed by atoms with van der Waals surface area (Å²) in [6.45, 7) is 1.24. The number of anilines is 1. The smallest absolute Gasteiger partial charge is 0.416 e. The second kappa shape index (κ2) is 5.73. The standard InChI is InChI=1S/C12H11F4NO2/c1-7(11(18)19)4-5-17-10-6-8(12(14,15)16)2-3-9(10)13/h2-4,6,17H,5H2,1H3,(H,18,19)/b7-4-. The van der Waals surface area contributed by atoms with Crippen molar-refractivity contribution in [3.05, 3.63) is 41.2 Å². The van der Waals surface area contributed by atoms with Crippen LogP contribution in [0.5, 0.6) is 0 Å². The molecule has 7 heteroatoms. The van der Waals surface area contributed by atoms with E-state index in [2.05, 4.69) is 5.32 Å². The van der Waals surface area contributed by atoms with Gasteiger partial charge in [0.05, 0.1) is 11.3 Å². The minimum Gasteiger partial charge on any atom is -0.478 e. The Kier molecular flexibility index (Phi) is 4.52. The first-order valence-corrected chi connectivity index (χ1v) is 5.22. The van der Waals surface area contributed by atoms with Crippen LogP contribution in [0.3, 0.4) is 0 Å². The summed E-state index contributed by atoms with van der Waals surface area (Å²) in [4.78, 5) is 10.5. The van der Waals surface area contributed by atoms with E-state index < -0.39 is 23.5 Å². The molecule has 0 fully saturated rings. The Morgan fingerprint density at radius 3 is 2.58 bits per heavy atom. The fourth-order valence-corrected chi connectivity index (χ4v) is 1.24. The monoisotopic (exact) mass is 277 g/mol. The summed E-state index contributed by atoms with van der Waals surface area (Å²) >= 11 is 0. The molecule has 0 radical (unpaired) electrons. The molecule has 0 amide bonds. The SMILES string of the molecule is C/C(=C/CNc1cc(C(F)(F)F)ccc1F)C(=O)O. The Morgan fingerprint density at radius 1 is 1.42 bits per heavy atom. The highest BCUT2D eigenvalue weighted by molar-refractivity contribution is 5.85. The molecule has 0 atom stereocenters. The predicted octanol–water partition coefficient (Wildman–Crippen LogP) is 3.29. The second-order valence-electron chi connectivity index (χ2n) is 3.77. The maximum Gasteiger partial charge on any atom is 0.416 e. The lowest BCUT2D eigenvalue weighted by Crippen LogP contribution is -2.08. The van der Waals surface area contributed by atoms with Crippen LogP contribution < -0.4 is 5.32 Å². The number of rotatable bonds is 4. The van der Waals surface area contributed by atoms with Gasteiger partial charge in [0.15, 0.2) is 0 Å². The average molecular weight is 277 g/mol. The first kappa shape index (κ1) is 15.0. The fraction of sp³-hybridized carbons (Fsp3) is 0.250. The molecule has 1 rings (SSSR count). The van der Waals surface area contributed by atoms with Gasteiger partial charge in [0.1, 0.15) is 5.82 Å². The maximum atomic E-state index is 13.3. The van der Waals surface area contributed by atoms with Crippen molar-refractivity contribution in [2.45, 2.75) is 13.1 Å². The van der Waals surface area contributed by atoms with Gasteiger partial charge in [-0.25, -0.2) is 9.18 Å². The topological polar surface area (TPSA) is 49.3 Å². The van der Waals surface area contributed by atoms with Crippen LogP contribution in [-0.4, -0.2) is 17.6 Å². The molecule has 1 aromatic carbocycles. The van der Waals surface area contributed by atoms with Crippen molar-refractivity contribution in [2.75, 3.05) is 11.9 Å². The molecular weight excluding hydrogens is 266 g/mol. The number of alkyl halides is 3. The molecule has 0 aromatic heterocycles. The highest BCUT2D eigenvalue weighted by atomic mass is 19.4. The molecule has 0 saturated carbocycles. The quantitative estimate of drug-likeness (QED) is 0.656. The molecular formula is C12H11F4NO2. The molecule has 0 spiro atoms. The molecule has 0 aliphatic rings. The normalized spacial score (nSPS) is 12.4. The Labute approximate surface area is 106 Å². The van der Waals surface area contributed by atoms with Crippen molar-refractivity contribution >= 4 is 11.7 Å². The zero-order chi connectivity index (χ0) is 14.6. The van der Waals surface area contributed by atoms with Gasteiger partial charge in [-0.15, -0.1) is 0 Å². The van der Waals surface area contributed by atoms with Crippen molar-refractivity contribution in [2.24, 2.45) is 0 Å². The van der Waals surface area contributed by atoms with Crippen LogP contribution in [0, 0.1) is 5.82 Å². The molecule has 0 bridgehead atoms. The summed E-state index contributed by atoms with van der Waals surface area (Å²) < 4.78 is 50.5. The van der Waals surface area contributed by atoms with Gasteiger partial charge in [0.2, 0.25) is 0 Å². The van der Waals surface area contributed by atoms with E-state index in [0.717, 1.165) is 0 Å². The van der Waals surface area contributed by atoms with E-state index in [0.29, 0.717) is 18.2 Å². The van der Waals surface area contributed by atoms with Gasteiger partial charge in [-0.05, 0) is 25.1 Å². The number of aliphatic carboxylic acids is 1. The van der Waals surface area contributed by atoms with E-state index in [1.807, 2.05) is 0 Å². The van der Waals surface area contributed by atoms with Gasteiger partial charge in [-0.1, -0.05) is 6.08 Å². The molecule has 3 nitrogen and oxygen atoms in total. The lowest BCUT2D eigenvalue weighted by atomic mass is 10.2. The number of benzene rings is 1. The lowest BCUT2D eigenvalue weighted by molar-refractivity contribution is -0.137. The van der Waals surface area contributed by atoms with E-state index in [1.165, 1.54) is 13.0 Å². The summed E-state index contributed by atoms with van der Waals surface area (Å²) in [6.07, 6.45) is -3.32. The highest BCUT2D eigenvalue weighted by Crippen LogP contribution is 2.31. The van der Waals surface area contributed by atoms with Gasteiger partial charge in [0.25, 0.3) is 0 Å². The molecule has 104 valence electrons. The molecule has 0 unspecified atom stereocenters. The Balaban J connectivity index is 2.84. The van der Waals surface area contributed by atoms with Crippen LogP contribution in [0.4, 0.5) is 23.2 Å². The van der Waals surface area contributed by atoms with Crippen LogP contribution in [0.2, 0.25) is 0 Å².